The number of aryl methyl sites for hydroxylation is 2. The summed E-state index contributed by atoms with van der Waals surface area (Å²) in [6.07, 6.45) is 5.57. The highest BCUT2D eigenvalue weighted by molar-refractivity contribution is 7.15. The molecule has 2 aromatic rings. The van der Waals surface area contributed by atoms with Gasteiger partial charge < -0.3 is 15.5 Å². The number of hydrogen-bond acceptors (Lipinski definition) is 6. The van der Waals surface area contributed by atoms with Crippen LogP contribution in [0.4, 0.5) is 16.5 Å². The lowest BCUT2D eigenvalue weighted by atomic mass is 9.97. The number of carbonyl (C=O) groups is 2. The van der Waals surface area contributed by atoms with Gasteiger partial charge in [-0.2, -0.15) is 0 Å². The molecular formula is C24H33N5O2S. The molecule has 0 radical (unpaired) electrons. The average Bonchev–Trinajstić information content (AvgIpc) is 3.11. The predicted octanol–water partition coefficient (Wildman–Crippen LogP) is 4.04. The maximum atomic E-state index is 12.9. The van der Waals surface area contributed by atoms with Crippen LogP contribution in [0, 0.1) is 19.8 Å². The first-order chi connectivity index (χ1) is 15.5. The van der Waals surface area contributed by atoms with Crippen LogP contribution in [0.25, 0.3) is 0 Å². The van der Waals surface area contributed by atoms with Crippen LogP contribution in [0.1, 0.15) is 42.7 Å². The van der Waals surface area contributed by atoms with Crippen LogP contribution in [-0.4, -0.2) is 54.4 Å². The Morgan fingerprint density at radius 2 is 1.78 bits per heavy atom. The number of benzene rings is 1. The molecule has 32 heavy (non-hydrogen) atoms. The van der Waals surface area contributed by atoms with Gasteiger partial charge in [-0.05, 0) is 76.8 Å². The number of carbonyl (C=O) groups excluding carboxylic acids is 2. The summed E-state index contributed by atoms with van der Waals surface area (Å²) in [5, 5.41) is 6.60. The van der Waals surface area contributed by atoms with Crippen molar-refractivity contribution in [1.82, 2.24) is 9.88 Å². The second-order valence-electron chi connectivity index (χ2n) is 8.87. The van der Waals surface area contributed by atoms with Crippen molar-refractivity contribution in [2.24, 2.45) is 5.92 Å². The SMILES string of the molecule is Cc1nc(NC(=O)CN2CCCC(C(=O)Nc3ccc(N4CCCCC4)cc3)C2)sc1C. The molecule has 2 aliphatic heterocycles. The number of nitrogens with one attached hydrogen (secondary N) is 2. The number of anilines is 3. The van der Waals surface area contributed by atoms with E-state index in [1.165, 1.54) is 36.3 Å². The zero-order chi connectivity index (χ0) is 22.5. The van der Waals surface area contributed by atoms with Gasteiger partial charge in [0.15, 0.2) is 5.13 Å². The third kappa shape index (κ3) is 5.86. The molecule has 0 spiro atoms. The van der Waals surface area contributed by atoms with Crippen LogP contribution in [0.2, 0.25) is 0 Å². The van der Waals surface area contributed by atoms with E-state index in [0.717, 1.165) is 48.7 Å². The summed E-state index contributed by atoms with van der Waals surface area (Å²) < 4.78 is 0. The second kappa shape index (κ2) is 10.4. The summed E-state index contributed by atoms with van der Waals surface area (Å²) in [4.78, 5) is 35.3. The standard InChI is InChI=1S/C24H33N5O2S/c1-17-18(2)32-24(25-17)27-22(30)16-28-12-6-7-19(15-28)23(31)26-20-8-10-21(11-9-20)29-13-4-3-5-14-29/h8-11,19H,3-7,12-16H2,1-2H3,(H,26,31)(H,25,27,30). The number of rotatable bonds is 6. The summed E-state index contributed by atoms with van der Waals surface area (Å²) in [6, 6.07) is 8.18. The Bertz CT molecular complexity index is 917. The highest BCUT2D eigenvalue weighted by atomic mass is 32.1. The monoisotopic (exact) mass is 455 g/mol. The first kappa shape index (κ1) is 22.7. The van der Waals surface area contributed by atoms with E-state index in [0.29, 0.717) is 11.7 Å². The maximum Gasteiger partial charge on any atom is 0.240 e. The van der Waals surface area contributed by atoms with Gasteiger partial charge in [0.05, 0.1) is 18.2 Å². The van der Waals surface area contributed by atoms with Crippen LogP contribution in [0.5, 0.6) is 0 Å². The lowest BCUT2D eigenvalue weighted by Crippen LogP contribution is -2.44. The molecule has 4 rings (SSSR count). The molecule has 1 aromatic carbocycles. The average molecular weight is 456 g/mol. The fraction of sp³-hybridized carbons (Fsp3) is 0.542. The van der Waals surface area contributed by atoms with Crippen LogP contribution in [0.15, 0.2) is 24.3 Å². The van der Waals surface area contributed by atoms with E-state index in [1.54, 1.807) is 0 Å². The maximum absolute atomic E-state index is 12.9. The molecule has 2 aliphatic rings. The molecule has 0 saturated carbocycles. The number of hydrogen-bond donors (Lipinski definition) is 2. The van der Waals surface area contributed by atoms with Gasteiger partial charge in [-0.3, -0.25) is 14.5 Å². The van der Waals surface area contributed by atoms with E-state index < -0.39 is 0 Å². The van der Waals surface area contributed by atoms with Gasteiger partial charge in [-0.15, -0.1) is 11.3 Å². The van der Waals surface area contributed by atoms with Gasteiger partial charge in [-0.25, -0.2) is 4.98 Å². The Morgan fingerprint density at radius 3 is 2.47 bits per heavy atom. The smallest absolute Gasteiger partial charge is 0.240 e. The normalized spacial score (nSPS) is 19.6. The molecule has 1 atom stereocenters. The predicted molar refractivity (Wildman–Crippen MR) is 131 cm³/mol. The van der Waals surface area contributed by atoms with Gasteiger partial charge in [-0.1, -0.05) is 0 Å². The fourth-order valence-electron chi connectivity index (χ4n) is 4.45. The summed E-state index contributed by atoms with van der Waals surface area (Å²) in [5.41, 5.74) is 3.01. The van der Waals surface area contributed by atoms with E-state index in [9.17, 15) is 9.59 Å². The number of thiazole rings is 1. The van der Waals surface area contributed by atoms with Crippen LogP contribution in [-0.2, 0) is 9.59 Å². The molecule has 2 fully saturated rings. The van der Waals surface area contributed by atoms with Crippen molar-refractivity contribution in [3.8, 4) is 0 Å². The number of piperidine rings is 2. The van der Waals surface area contributed by atoms with Crippen molar-refractivity contribution in [1.29, 1.82) is 0 Å². The highest BCUT2D eigenvalue weighted by Gasteiger charge is 2.27. The molecule has 8 heteroatoms. The Hall–Kier alpha value is -2.45. The summed E-state index contributed by atoms with van der Waals surface area (Å²) in [7, 11) is 0. The Morgan fingerprint density at radius 1 is 1.03 bits per heavy atom. The van der Waals surface area contributed by atoms with E-state index >= 15 is 0 Å². The van der Waals surface area contributed by atoms with Crippen LogP contribution >= 0.6 is 11.3 Å². The van der Waals surface area contributed by atoms with Crippen LogP contribution < -0.4 is 15.5 Å². The van der Waals surface area contributed by atoms with Crippen molar-refractivity contribution in [3.05, 3.63) is 34.8 Å². The fourth-order valence-corrected chi connectivity index (χ4v) is 5.28. The first-order valence-corrected chi connectivity index (χ1v) is 12.4. The second-order valence-corrected chi connectivity index (χ2v) is 10.1. The lowest BCUT2D eigenvalue weighted by molar-refractivity contribution is -0.123. The zero-order valence-corrected chi connectivity index (χ0v) is 19.8. The molecular weight excluding hydrogens is 422 g/mol. The van der Waals surface area contributed by atoms with Crippen molar-refractivity contribution < 1.29 is 9.59 Å². The van der Waals surface area contributed by atoms with Crippen LogP contribution in [0.3, 0.4) is 0 Å². The minimum atomic E-state index is -0.109. The van der Waals surface area contributed by atoms with E-state index in [-0.39, 0.29) is 24.3 Å². The van der Waals surface area contributed by atoms with Gasteiger partial charge in [0.2, 0.25) is 11.8 Å². The van der Waals surface area contributed by atoms with Crippen molar-refractivity contribution in [2.75, 3.05) is 48.3 Å². The highest BCUT2D eigenvalue weighted by Crippen LogP contribution is 2.24. The Balaban J connectivity index is 1.27. The summed E-state index contributed by atoms with van der Waals surface area (Å²) in [6.45, 7) is 7.87. The van der Waals surface area contributed by atoms with Crippen molar-refractivity contribution in [3.63, 3.8) is 0 Å². The zero-order valence-electron chi connectivity index (χ0n) is 19.0. The number of aromatic nitrogens is 1. The molecule has 1 aromatic heterocycles. The van der Waals surface area contributed by atoms with Gasteiger partial charge in [0.1, 0.15) is 0 Å². The summed E-state index contributed by atoms with van der Waals surface area (Å²) in [5.74, 6) is -0.150. The minimum Gasteiger partial charge on any atom is -0.372 e. The molecule has 172 valence electrons. The summed E-state index contributed by atoms with van der Waals surface area (Å²) >= 11 is 1.49. The quantitative estimate of drug-likeness (QED) is 0.687. The van der Waals surface area contributed by atoms with E-state index in [2.05, 4.69) is 37.6 Å². The van der Waals surface area contributed by atoms with E-state index in [4.69, 9.17) is 0 Å². The Labute approximate surface area is 194 Å². The molecule has 7 nitrogen and oxygen atoms in total. The number of nitrogens with zero attached hydrogens (tertiary/aromatic N) is 3. The third-order valence-electron chi connectivity index (χ3n) is 6.37. The molecule has 0 aliphatic carbocycles. The van der Waals surface area contributed by atoms with Gasteiger partial charge >= 0.3 is 0 Å². The molecule has 2 saturated heterocycles. The number of likely N-dealkylation sites (tertiary alicyclic amines) is 1. The van der Waals surface area contributed by atoms with Gasteiger partial charge in [0.25, 0.3) is 0 Å². The molecule has 3 heterocycles. The molecule has 1 unspecified atom stereocenters. The first-order valence-electron chi connectivity index (χ1n) is 11.6. The van der Waals surface area contributed by atoms with Crippen molar-refractivity contribution in [2.45, 2.75) is 46.0 Å². The van der Waals surface area contributed by atoms with Crippen molar-refractivity contribution >= 4 is 39.7 Å². The molecule has 2 N–H and O–H groups in total. The number of amides is 2. The molecule has 0 bridgehead atoms. The Kier molecular flexibility index (Phi) is 7.42. The molecule has 2 amide bonds. The topological polar surface area (TPSA) is 77.6 Å². The minimum absolute atomic E-state index is 0.0343. The lowest BCUT2D eigenvalue weighted by Gasteiger charge is -2.31. The third-order valence-corrected chi connectivity index (χ3v) is 7.36. The van der Waals surface area contributed by atoms with E-state index in [1.807, 2.05) is 26.0 Å². The largest absolute Gasteiger partial charge is 0.372 e. The van der Waals surface area contributed by atoms with Gasteiger partial charge in [0, 0.05) is 35.9 Å².